The number of anilines is 2. The van der Waals surface area contributed by atoms with Crippen LogP contribution in [0.3, 0.4) is 0 Å². The number of rotatable bonds is 4. The maximum Gasteiger partial charge on any atom is 0.326 e. The van der Waals surface area contributed by atoms with Crippen molar-refractivity contribution in [3.05, 3.63) is 53.6 Å². The van der Waals surface area contributed by atoms with Crippen LogP contribution in [0, 0.1) is 18.3 Å². The van der Waals surface area contributed by atoms with Gasteiger partial charge in [0, 0.05) is 5.69 Å². The number of hydrogen-bond donors (Lipinski definition) is 0. The fourth-order valence-electron chi connectivity index (χ4n) is 3.19. The molecule has 0 unspecified atom stereocenters. The predicted octanol–water partition coefficient (Wildman–Crippen LogP) is 3.93. The number of ether oxygens (including phenoxy) is 1. The molecule has 148 valence electrons. The van der Waals surface area contributed by atoms with Gasteiger partial charge >= 0.3 is 5.97 Å². The third-order valence-electron chi connectivity index (χ3n) is 4.69. The zero-order chi connectivity index (χ0) is 21.3. The molecule has 1 heterocycles. The summed E-state index contributed by atoms with van der Waals surface area (Å²) in [5.74, 6) is -0.607. The summed E-state index contributed by atoms with van der Waals surface area (Å²) in [5.41, 5.74) is 1.69. The van der Waals surface area contributed by atoms with E-state index in [4.69, 9.17) is 33.8 Å². The molecule has 0 atom stereocenters. The first-order valence-corrected chi connectivity index (χ1v) is 9.71. The Hall–Kier alpha value is -2.95. The highest BCUT2D eigenvalue weighted by molar-refractivity contribution is 7.81. The summed E-state index contributed by atoms with van der Waals surface area (Å²) in [6.45, 7) is 5.40. The molecular weight excluding hydrogens is 410 g/mol. The van der Waals surface area contributed by atoms with Gasteiger partial charge in [0.1, 0.15) is 17.2 Å². The minimum absolute atomic E-state index is 0.177. The van der Waals surface area contributed by atoms with Gasteiger partial charge in [-0.2, -0.15) is 5.26 Å². The number of carbonyl (C=O) groups excluding carboxylic acids is 2. The van der Waals surface area contributed by atoms with E-state index in [2.05, 4.69) is 6.07 Å². The predicted molar refractivity (Wildman–Crippen MR) is 115 cm³/mol. The Bertz CT molecular complexity index is 1040. The van der Waals surface area contributed by atoms with E-state index in [0.29, 0.717) is 27.8 Å². The standard InChI is InChI=1S/C21H18ClN3O3S/c1-13-10-16(5-4-14(13)12-23)24-19(27)21(2,3)25(20(24)29)15-6-8-17(9-7-15)28-18(26)11-22/h4-10H,11H2,1-3H3. The summed E-state index contributed by atoms with van der Waals surface area (Å²) in [4.78, 5) is 27.8. The Balaban J connectivity index is 1.96. The Morgan fingerprint density at radius 2 is 1.83 bits per heavy atom. The number of amides is 1. The number of esters is 1. The van der Waals surface area contributed by atoms with Gasteiger partial charge in [0.2, 0.25) is 0 Å². The van der Waals surface area contributed by atoms with Gasteiger partial charge in [-0.15, -0.1) is 11.6 Å². The maximum atomic E-state index is 13.2. The Labute approximate surface area is 179 Å². The van der Waals surface area contributed by atoms with Gasteiger partial charge in [-0.05, 0) is 81.0 Å². The summed E-state index contributed by atoms with van der Waals surface area (Å²) < 4.78 is 5.08. The van der Waals surface area contributed by atoms with Crippen LogP contribution in [0.25, 0.3) is 0 Å². The highest BCUT2D eigenvalue weighted by Crippen LogP contribution is 2.37. The molecule has 0 spiro atoms. The third-order valence-corrected chi connectivity index (χ3v) is 5.28. The lowest BCUT2D eigenvalue weighted by Gasteiger charge is -2.29. The second-order valence-electron chi connectivity index (χ2n) is 7.03. The molecule has 0 bridgehead atoms. The SMILES string of the molecule is Cc1cc(N2C(=O)C(C)(C)N(c3ccc(OC(=O)CCl)cc3)C2=S)ccc1C#N. The van der Waals surface area contributed by atoms with E-state index in [1.165, 1.54) is 4.90 Å². The molecule has 8 heteroatoms. The number of alkyl halides is 1. The molecular formula is C21H18ClN3O3S. The second-order valence-corrected chi connectivity index (χ2v) is 7.66. The number of thiocarbonyl (C=S) groups is 1. The first-order valence-electron chi connectivity index (χ1n) is 8.77. The van der Waals surface area contributed by atoms with E-state index in [1.807, 2.05) is 6.92 Å². The van der Waals surface area contributed by atoms with Crippen LogP contribution in [-0.2, 0) is 9.59 Å². The van der Waals surface area contributed by atoms with Crippen LogP contribution < -0.4 is 14.5 Å². The van der Waals surface area contributed by atoms with E-state index in [0.717, 1.165) is 5.56 Å². The van der Waals surface area contributed by atoms with E-state index < -0.39 is 11.5 Å². The minimum Gasteiger partial charge on any atom is -0.426 e. The van der Waals surface area contributed by atoms with Crippen LogP contribution >= 0.6 is 23.8 Å². The van der Waals surface area contributed by atoms with Crippen molar-refractivity contribution in [2.75, 3.05) is 15.7 Å². The third kappa shape index (κ3) is 3.69. The van der Waals surface area contributed by atoms with Gasteiger partial charge < -0.3 is 9.64 Å². The van der Waals surface area contributed by atoms with E-state index in [9.17, 15) is 9.59 Å². The summed E-state index contributed by atoms with van der Waals surface area (Å²) in [7, 11) is 0. The molecule has 2 aromatic rings. The van der Waals surface area contributed by atoms with Crippen LogP contribution in [0.2, 0.25) is 0 Å². The van der Waals surface area contributed by atoms with Gasteiger partial charge in [0.15, 0.2) is 5.11 Å². The van der Waals surface area contributed by atoms with Crippen molar-refractivity contribution in [3.63, 3.8) is 0 Å². The molecule has 0 saturated carbocycles. The lowest BCUT2D eigenvalue weighted by atomic mass is 10.0. The average molecular weight is 428 g/mol. The Morgan fingerprint density at radius 3 is 2.38 bits per heavy atom. The Kier molecular flexibility index (Phi) is 5.60. The number of halogens is 1. The first-order chi connectivity index (χ1) is 13.7. The van der Waals surface area contributed by atoms with Crippen molar-refractivity contribution in [2.45, 2.75) is 26.3 Å². The summed E-state index contributed by atoms with van der Waals surface area (Å²) in [5, 5.41) is 9.47. The average Bonchev–Trinajstić information content (AvgIpc) is 2.86. The number of nitriles is 1. The molecule has 0 radical (unpaired) electrons. The van der Waals surface area contributed by atoms with Crippen molar-refractivity contribution in [3.8, 4) is 11.8 Å². The van der Waals surface area contributed by atoms with Gasteiger partial charge in [-0.1, -0.05) is 0 Å². The monoisotopic (exact) mass is 427 g/mol. The summed E-state index contributed by atoms with van der Waals surface area (Å²) in [6, 6.07) is 14.0. The maximum absolute atomic E-state index is 13.2. The first kappa shape index (κ1) is 20.8. The lowest BCUT2D eigenvalue weighted by Crippen LogP contribution is -2.44. The van der Waals surface area contributed by atoms with Crippen molar-refractivity contribution in [1.29, 1.82) is 5.26 Å². The smallest absolute Gasteiger partial charge is 0.326 e. The van der Waals surface area contributed by atoms with Crippen LogP contribution in [0.4, 0.5) is 11.4 Å². The Morgan fingerprint density at radius 1 is 1.21 bits per heavy atom. The van der Waals surface area contributed by atoms with E-state index >= 15 is 0 Å². The van der Waals surface area contributed by atoms with Crippen LogP contribution in [0.15, 0.2) is 42.5 Å². The van der Waals surface area contributed by atoms with Crippen molar-refractivity contribution < 1.29 is 14.3 Å². The van der Waals surface area contributed by atoms with Crippen molar-refractivity contribution in [2.24, 2.45) is 0 Å². The number of aryl methyl sites for hydroxylation is 1. The molecule has 1 amide bonds. The number of nitrogens with zero attached hydrogens (tertiary/aromatic N) is 3. The molecule has 1 fully saturated rings. The van der Waals surface area contributed by atoms with Gasteiger partial charge in [-0.25, -0.2) is 0 Å². The highest BCUT2D eigenvalue weighted by atomic mass is 35.5. The molecule has 0 N–H and O–H groups in total. The minimum atomic E-state index is -0.923. The summed E-state index contributed by atoms with van der Waals surface area (Å²) in [6.07, 6.45) is 0. The fourth-order valence-corrected chi connectivity index (χ4v) is 3.77. The van der Waals surface area contributed by atoms with Crippen LogP contribution in [0.1, 0.15) is 25.0 Å². The van der Waals surface area contributed by atoms with Crippen LogP contribution in [0.5, 0.6) is 5.75 Å². The quantitative estimate of drug-likeness (QED) is 0.318. The molecule has 29 heavy (non-hydrogen) atoms. The molecule has 1 aliphatic rings. The normalized spacial score (nSPS) is 15.4. The number of hydrogen-bond acceptors (Lipinski definition) is 5. The molecule has 3 rings (SSSR count). The van der Waals surface area contributed by atoms with E-state index in [1.54, 1.807) is 61.2 Å². The van der Waals surface area contributed by atoms with Crippen molar-refractivity contribution >= 4 is 52.2 Å². The second kappa shape index (κ2) is 7.82. The summed E-state index contributed by atoms with van der Waals surface area (Å²) >= 11 is 11.1. The molecule has 0 aromatic heterocycles. The van der Waals surface area contributed by atoms with E-state index in [-0.39, 0.29) is 11.8 Å². The highest BCUT2D eigenvalue weighted by Gasteiger charge is 2.50. The lowest BCUT2D eigenvalue weighted by molar-refractivity contribution is -0.131. The zero-order valence-electron chi connectivity index (χ0n) is 16.1. The molecule has 1 saturated heterocycles. The number of carbonyl (C=O) groups is 2. The fraction of sp³-hybridized carbons (Fsp3) is 0.238. The number of benzene rings is 2. The largest absolute Gasteiger partial charge is 0.426 e. The van der Waals surface area contributed by atoms with Crippen molar-refractivity contribution in [1.82, 2.24) is 0 Å². The van der Waals surface area contributed by atoms with Crippen LogP contribution in [-0.4, -0.2) is 28.4 Å². The molecule has 2 aromatic carbocycles. The zero-order valence-corrected chi connectivity index (χ0v) is 17.7. The molecule has 6 nitrogen and oxygen atoms in total. The van der Waals surface area contributed by atoms with Gasteiger partial charge in [-0.3, -0.25) is 14.5 Å². The topological polar surface area (TPSA) is 73.6 Å². The van der Waals surface area contributed by atoms with Gasteiger partial charge in [0.05, 0.1) is 17.3 Å². The molecule has 0 aliphatic carbocycles. The molecule has 1 aliphatic heterocycles. The van der Waals surface area contributed by atoms with Gasteiger partial charge in [0.25, 0.3) is 5.91 Å².